The van der Waals surface area contributed by atoms with Gasteiger partial charge in [0.1, 0.15) is 19.3 Å². The molecule has 0 aliphatic rings. The predicted molar refractivity (Wildman–Crippen MR) is 342 cm³/mol. The molecule has 0 rings (SSSR count). The molecule has 0 aromatic rings. The summed E-state index contributed by atoms with van der Waals surface area (Å²) in [6.45, 7) is 7.01. The van der Waals surface area contributed by atoms with E-state index in [2.05, 4.69) is 74.7 Å². The van der Waals surface area contributed by atoms with E-state index in [1.54, 1.807) is 0 Å². The van der Waals surface area contributed by atoms with E-state index in [0.717, 1.165) is 77.0 Å². The van der Waals surface area contributed by atoms with E-state index in [9.17, 15) is 19.0 Å². The van der Waals surface area contributed by atoms with Crippen molar-refractivity contribution in [3.8, 4) is 0 Å². The smallest absolute Gasteiger partial charge is 0.456 e. The molecule has 0 spiro atoms. The number of nitrogens with zero attached hydrogens (tertiary/aromatic N) is 1. The molecule has 2 N–H and O–H groups in total. The summed E-state index contributed by atoms with van der Waals surface area (Å²) in [5.41, 5.74) is 0. The van der Waals surface area contributed by atoms with E-state index in [1.807, 2.05) is 33.3 Å². The Morgan fingerprint density at radius 1 is 0.443 bits per heavy atom. The summed E-state index contributed by atoms with van der Waals surface area (Å²) in [6, 6.07) is -0.848. The minimum Gasteiger partial charge on any atom is -0.456 e. The number of phosphoric ester groups is 1. The maximum atomic E-state index is 13.5. The molecule has 3 unspecified atom stereocenters. The van der Waals surface area contributed by atoms with Crippen molar-refractivity contribution < 1.29 is 37.3 Å². The van der Waals surface area contributed by atoms with Crippen molar-refractivity contribution in [3.05, 3.63) is 60.8 Å². The summed E-state index contributed by atoms with van der Waals surface area (Å²) in [6.07, 6.45) is 75.1. The van der Waals surface area contributed by atoms with Gasteiger partial charge in [0, 0.05) is 12.8 Å². The lowest BCUT2D eigenvalue weighted by Gasteiger charge is -2.27. The third-order valence-corrected chi connectivity index (χ3v) is 15.9. The molecule has 0 bridgehead atoms. The number of nitrogens with one attached hydrogen (secondary N) is 1. The highest BCUT2D eigenvalue weighted by atomic mass is 31.2. The molecular formula is C69H130N2O7P+. The fourth-order valence-corrected chi connectivity index (χ4v) is 10.5. The maximum absolute atomic E-state index is 13.5. The van der Waals surface area contributed by atoms with Gasteiger partial charge in [-0.15, -0.1) is 0 Å². The van der Waals surface area contributed by atoms with Crippen molar-refractivity contribution in [2.75, 3.05) is 40.9 Å². The molecule has 10 heteroatoms. The van der Waals surface area contributed by atoms with Crippen molar-refractivity contribution >= 4 is 19.7 Å². The number of phosphoric acid groups is 1. The number of allylic oxidation sites excluding steroid dienone is 9. The SMILES string of the molecule is CCCCC/C=C\C/C=C\C/C=C\C/C=C\CCCCCCCCCCCCCC(=O)OC(/C=C\CCCCCCCCCCCC)C(COP(=O)(O)OCC[N+](C)(C)C)NC(=O)CCCCCCCCCCCCCCCC. The van der Waals surface area contributed by atoms with Gasteiger partial charge in [-0.05, 0) is 76.7 Å². The molecule has 1 amide bonds. The van der Waals surface area contributed by atoms with Crippen LogP contribution in [-0.2, 0) is 27.9 Å². The maximum Gasteiger partial charge on any atom is 0.472 e. The monoisotopic (exact) mass is 1130 g/mol. The summed E-state index contributed by atoms with van der Waals surface area (Å²) in [5.74, 6) is -0.498. The van der Waals surface area contributed by atoms with Crippen LogP contribution >= 0.6 is 7.82 Å². The van der Waals surface area contributed by atoms with Crippen LogP contribution in [-0.4, -0.2) is 74.3 Å². The highest BCUT2D eigenvalue weighted by Gasteiger charge is 2.30. The Balaban J connectivity index is 5.05. The Bertz CT molecular complexity index is 1540. The molecule has 0 heterocycles. The van der Waals surface area contributed by atoms with Gasteiger partial charge in [0.05, 0.1) is 33.8 Å². The topological polar surface area (TPSA) is 111 Å². The highest BCUT2D eigenvalue weighted by Crippen LogP contribution is 2.43. The van der Waals surface area contributed by atoms with Crippen molar-refractivity contribution in [1.29, 1.82) is 0 Å². The number of likely N-dealkylation sites (N-methyl/N-ethyl adjacent to an activating group) is 1. The van der Waals surface area contributed by atoms with Crippen LogP contribution in [0.1, 0.15) is 316 Å². The molecule has 0 aromatic carbocycles. The van der Waals surface area contributed by atoms with Crippen LogP contribution in [0.3, 0.4) is 0 Å². The number of carbonyl (C=O) groups is 2. The average Bonchev–Trinajstić information content (AvgIpc) is 3.41. The van der Waals surface area contributed by atoms with Crippen LogP contribution in [0.4, 0.5) is 0 Å². The number of carbonyl (C=O) groups excluding carboxylic acids is 2. The van der Waals surface area contributed by atoms with Gasteiger partial charge >= 0.3 is 13.8 Å². The summed E-state index contributed by atoms with van der Waals surface area (Å²) < 4.78 is 30.7. The van der Waals surface area contributed by atoms with E-state index in [1.165, 1.54) is 205 Å². The molecule has 3 atom stereocenters. The van der Waals surface area contributed by atoms with Gasteiger partial charge in [-0.1, -0.05) is 287 Å². The fraction of sp³-hybridized carbons (Fsp3) is 0.826. The number of esters is 1. The van der Waals surface area contributed by atoms with E-state index in [0.29, 0.717) is 17.4 Å². The largest absolute Gasteiger partial charge is 0.472 e. The van der Waals surface area contributed by atoms with Crippen LogP contribution in [0.5, 0.6) is 0 Å². The zero-order chi connectivity index (χ0) is 57.9. The van der Waals surface area contributed by atoms with E-state index in [-0.39, 0.29) is 31.5 Å². The Hall–Kier alpha value is -2.29. The van der Waals surface area contributed by atoms with E-state index in [4.69, 9.17) is 13.8 Å². The van der Waals surface area contributed by atoms with Crippen molar-refractivity contribution in [2.45, 2.75) is 328 Å². The molecule has 0 aliphatic carbocycles. The third kappa shape index (κ3) is 60.1. The Morgan fingerprint density at radius 2 is 0.772 bits per heavy atom. The number of hydrogen-bond donors (Lipinski definition) is 2. The predicted octanol–water partition coefficient (Wildman–Crippen LogP) is 21.0. The molecular weight excluding hydrogens is 1000 g/mol. The first-order valence-corrected chi connectivity index (χ1v) is 35.1. The number of quaternary nitrogens is 1. The number of unbranched alkanes of at least 4 members (excludes halogenated alkanes) is 37. The standard InChI is InChI=1S/C69H129N2O7P/c1-7-10-13-16-19-22-25-28-30-31-32-33-34-35-36-37-38-39-40-41-42-44-47-50-53-56-59-62-69(73)78-67(60-57-54-51-48-45-27-24-21-18-15-12-9-3)66(65-77-79(74,75)76-64-63-71(4,5)6)70-68(72)61-58-55-52-49-46-43-29-26-23-20-17-14-11-8-2/h19,22,28,30,32-33,35-36,57,60,66-67H,7-18,20-21,23-27,29,31,34,37-56,58-59,61-65H2,1-6H3,(H-,70,72,74,75)/p+1/b22-19-,30-28-,33-32-,36-35-,60-57-. The first kappa shape index (κ1) is 76.7. The molecule has 9 nitrogen and oxygen atoms in total. The lowest BCUT2D eigenvalue weighted by atomic mass is 10.0. The second-order valence-corrected chi connectivity index (χ2v) is 25.5. The van der Waals surface area contributed by atoms with Gasteiger partial charge in [-0.3, -0.25) is 18.6 Å². The second kappa shape index (κ2) is 58.9. The quantitative estimate of drug-likeness (QED) is 0.0205. The number of hydrogen-bond acceptors (Lipinski definition) is 6. The fourth-order valence-electron chi connectivity index (χ4n) is 9.75. The summed E-state index contributed by atoms with van der Waals surface area (Å²) in [5, 5.41) is 3.06. The highest BCUT2D eigenvalue weighted by molar-refractivity contribution is 7.47. The van der Waals surface area contributed by atoms with Crippen LogP contribution in [0, 0.1) is 0 Å². The van der Waals surface area contributed by atoms with E-state index < -0.39 is 20.0 Å². The number of ether oxygens (including phenoxy) is 1. The van der Waals surface area contributed by atoms with Crippen LogP contribution < -0.4 is 5.32 Å². The van der Waals surface area contributed by atoms with Gasteiger partial charge in [0.2, 0.25) is 5.91 Å². The number of amides is 1. The van der Waals surface area contributed by atoms with Gasteiger partial charge < -0.3 is 19.4 Å². The normalized spacial score (nSPS) is 14.0. The van der Waals surface area contributed by atoms with Crippen LogP contribution in [0.25, 0.3) is 0 Å². The molecule has 0 radical (unpaired) electrons. The minimum absolute atomic E-state index is 0.0406. The van der Waals surface area contributed by atoms with Gasteiger partial charge in [-0.2, -0.15) is 0 Å². The number of rotatable bonds is 61. The Kier molecular flexibility index (Phi) is 57.2. The lowest BCUT2D eigenvalue weighted by molar-refractivity contribution is -0.870. The Morgan fingerprint density at radius 3 is 1.18 bits per heavy atom. The summed E-state index contributed by atoms with van der Waals surface area (Å²) >= 11 is 0. The van der Waals surface area contributed by atoms with Crippen molar-refractivity contribution in [1.82, 2.24) is 5.32 Å². The first-order chi connectivity index (χ1) is 38.4. The van der Waals surface area contributed by atoms with Crippen LogP contribution in [0.15, 0.2) is 60.8 Å². The Labute approximate surface area is 490 Å². The van der Waals surface area contributed by atoms with Gasteiger partial charge in [0.25, 0.3) is 0 Å². The zero-order valence-corrected chi connectivity index (χ0v) is 53.8. The lowest BCUT2D eigenvalue weighted by Crippen LogP contribution is -2.47. The summed E-state index contributed by atoms with van der Waals surface area (Å²) in [4.78, 5) is 37.8. The van der Waals surface area contributed by atoms with E-state index >= 15 is 0 Å². The first-order valence-electron chi connectivity index (χ1n) is 33.6. The molecule has 0 aromatic heterocycles. The van der Waals surface area contributed by atoms with Crippen molar-refractivity contribution in [3.63, 3.8) is 0 Å². The minimum atomic E-state index is -4.45. The average molecular weight is 1130 g/mol. The van der Waals surface area contributed by atoms with Crippen LogP contribution in [0.2, 0.25) is 0 Å². The molecule has 462 valence electrons. The summed E-state index contributed by atoms with van der Waals surface area (Å²) in [7, 11) is 1.50. The molecule has 0 aliphatic heterocycles. The zero-order valence-electron chi connectivity index (χ0n) is 52.9. The second-order valence-electron chi connectivity index (χ2n) is 24.0. The molecule has 79 heavy (non-hydrogen) atoms. The van der Waals surface area contributed by atoms with Crippen molar-refractivity contribution in [2.24, 2.45) is 0 Å². The molecule has 0 fully saturated rings. The van der Waals surface area contributed by atoms with Gasteiger partial charge in [-0.25, -0.2) is 4.57 Å². The molecule has 0 saturated carbocycles. The third-order valence-electron chi connectivity index (χ3n) is 15.0. The van der Waals surface area contributed by atoms with Gasteiger partial charge in [0.15, 0.2) is 0 Å². The molecule has 0 saturated heterocycles.